The minimum atomic E-state index is -1.13. The molecule has 0 radical (unpaired) electrons. The molecule has 30 heavy (non-hydrogen) atoms. The lowest BCUT2D eigenvalue weighted by Gasteiger charge is -2.35. The van der Waals surface area contributed by atoms with E-state index in [1.165, 1.54) is 0 Å². The van der Waals surface area contributed by atoms with Crippen LogP contribution in [-0.4, -0.2) is 49.6 Å². The number of anilines is 2. The third-order valence-corrected chi connectivity index (χ3v) is 7.14. The van der Waals surface area contributed by atoms with Gasteiger partial charge in [-0.3, -0.25) is 9.48 Å². The summed E-state index contributed by atoms with van der Waals surface area (Å²) in [6.07, 6.45) is 3.60. The van der Waals surface area contributed by atoms with Crippen molar-refractivity contribution in [1.82, 2.24) is 19.1 Å². The smallest absolute Gasteiger partial charge is 0.261 e. The van der Waals surface area contributed by atoms with Gasteiger partial charge in [0.05, 0.1) is 23.1 Å². The number of aromatic amines is 1. The largest absolute Gasteiger partial charge is 0.379 e. The lowest BCUT2D eigenvalue weighted by atomic mass is 10.1. The first-order valence-corrected chi connectivity index (χ1v) is 11.4. The van der Waals surface area contributed by atoms with Crippen molar-refractivity contribution in [3.8, 4) is 0 Å². The maximum absolute atomic E-state index is 12.6. The van der Waals surface area contributed by atoms with Gasteiger partial charge in [0.15, 0.2) is 5.82 Å². The van der Waals surface area contributed by atoms with Gasteiger partial charge >= 0.3 is 0 Å². The van der Waals surface area contributed by atoms with Gasteiger partial charge < -0.3 is 15.0 Å². The molecule has 2 aromatic heterocycles. The van der Waals surface area contributed by atoms with Crippen LogP contribution in [0, 0.1) is 5.92 Å². The topological polar surface area (TPSA) is 92.2 Å². The molecule has 2 saturated heterocycles. The number of aromatic nitrogens is 3. The Kier molecular flexibility index (Phi) is 5.18. The van der Waals surface area contributed by atoms with E-state index >= 15 is 0 Å². The van der Waals surface area contributed by atoms with E-state index < -0.39 is 11.0 Å². The van der Waals surface area contributed by atoms with Gasteiger partial charge in [0.1, 0.15) is 16.4 Å². The third kappa shape index (κ3) is 3.57. The van der Waals surface area contributed by atoms with Crippen molar-refractivity contribution in [1.29, 1.82) is 0 Å². The van der Waals surface area contributed by atoms with Crippen molar-refractivity contribution in [2.24, 2.45) is 5.92 Å². The zero-order chi connectivity index (χ0) is 20.7. The van der Waals surface area contributed by atoms with Crippen LogP contribution in [0.1, 0.15) is 25.8 Å². The lowest BCUT2D eigenvalue weighted by Crippen LogP contribution is -2.45. The predicted octanol–water partition coefficient (Wildman–Crippen LogP) is 2.79. The number of rotatable bonds is 5. The summed E-state index contributed by atoms with van der Waals surface area (Å²) in [6.45, 7) is 5.25. The quantitative estimate of drug-likeness (QED) is 0.653. The van der Waals surface area contributed by atoms with Crippen molar-refractivity contribution < 1.29 is 8.95 Å². The fourth-order valence-corrected chi connectivity index (χ4v) is 5.55. The Morgan fingerprint density at radius 3 is 2.73 bits per heavy atom. The Labute approximate surface area is 176 Å². The molecule has 2 atom stereocenters. The van der Waals surface area contributed by atoms with Crippen molar-refractivity contribution in [2.45, 2.75) is 30.7 Å². The van der Waals surface area contributed by atoms with E-state index in [-0.39, 0.29) is 11.6 Å². The summed E-state index contributed by atoms with van der Waals surface area (Å²) in [5, 5.41) is 8.53. The number of fused-ring (bicyclic) bond motifs is 1. The summed E-state index contributed by atoms with van der Waals surface area (Å²) >= 11 is 0. The normalized spacial score (nSPS) is 21.4. The van der Waals surface area contributed by atoms with Crippen LogP contribution in [0.5, 0.6) is 0 Å². The van der Waals surface area contributed by atoms with E-state index in [1.54, 1.807) is 6.20 Å². The Morgan fingerprint density at radius 2 is 2.03 bits per heavy atom. The molecule has 0 saturated carbocycles. The van der Waals surface area contributed by atoms with E-state index in [0.717, 1.165) is 48.6 Å². The summed E-state index contributed by atoms with van der Waals surface area (Å²) < 4.78 is 22.1. The van der Waals surface area contributed by atoms with Gasteiger partial charge in [-0.05, 0) is 49.1 Å². The summed E-state index contributed by atoms with van der Waals surface area (Å²) in [7, 11) is -1.13. The fourth-order valence-electron chi connectivity index (χ4n) is 4.10. The molecule has 2 aliphatic heterocycles. The molecule has 2 N–H and O–H groups in total. The van der Waals surface area contributed by atoms with E-state index in [4.69, 9.17) is 9.84 Å². The number of nitrogens with one attached hydrogen (secondary N) is 2. The number of pyridine rings is 1. The van der Waals surface area contributed by atoms with Gasteiger partial charge in [-0.25, -0.2) is 8.51 Å². The second-order valence-corrected chi connectivity index (χ2v) is 9.57. The van der Waals surface area contributed by atoms with Crippen LogP contribution in [-0.2, 0) is 15.7 Å². The molecule has 0 aliphatic carbocycles. The number of benzene rings is 1. The minimum absolute atomic E-state index is 0.113. The van der Waals surface area contributed by atoms with Crippen LogP contribution in [0.4, 0.5) is 11.5 Å². The maximum atomic E-state index is 12.6. The Morgan fingerprint density at radius 1 is 1.23 bits per heavy atom. The van der Waals surface area contributed by atoms with Crippen LogP contribution >= 0.6 is 0 Å². The van der Waals surface area contributed by atoms with Crippen molar-refractivity contribution in [3.05, 3.63) is 46.9 Å². The first-order valence-electron chi connectivity index (χ1n) is 10.3. The van der Waals surface area contributed by atoms with Crippen LogP contribution < -0.4 is 10.9 Å². The number of H-pyrrole nitrogens is 1. The Balaban J connectivity index is 1.42. The summed E-state index contributed by atoms with van der Waals surface area (Å²) in [4.78, 5) is 16.1. The summed E-state index contributed by atoms with van der Waals surface area (Å²) in [5.41, 5.74) is 1.41. The highest BCUT2D eigenvalue weighted by Gasteiger charge is 2.28. The molecular formula is C21H25N5O3S. The molecule has 5 rings (SSSR count). The monoisotopic (exact) mass is 427 g/mol. The minimum Gasteiger partial charge on any atom is -0.379 e. The molecule has 9 heteroatoms. The molecule has 4 heterocycles. The first-order chi connectivity index (χ1) is 14.6. The number of hydrogen-bond acceptors (Lipinski definition) is 5. The summed E-state index contributed by atoms with van der Waals surface area (Å²) in [6, 6.07) is 9.47. The van der Waals surface area contributed by atoms with Crippen LogP contribution in [0.15, 0.2) is 46.2 Å². The molecule has 0 bridgehead atoms. The number of hydrogen-bond donors (Lipinski definition) is 2. The van der Waals surface area contributed by atoms with Gasteiger partial charge in [-0.15, -0.1) is 0 Å². The van der Waals surface area contributed by atoms with Crippen molar-refractivity contribution >= 4 is 33.4 Å². The van der Waals surface area contributed by atoms with Crippen molar-refractivity contribution in [3.63, 3.8) is 0 Å². The molecule has 2 aliphatic rings. The second-order valence-electron chi connectivity index (χ2n) is 8.08. The van der Waals surface area contributed by atoms with Gasteiger partial charge in [0.25, 0.3) is 5.56 Å². The molecule has 3 aromatic rings. The van der Waals surface area contributed by atoms with E-state index in [9.17, 15) is 9.00 Å². The number of nitrogens with zero attached hydrogens (tertiary/aromatic N) is 3. The molecule has 0 spiro atoms. The van der Waals surface area contributed by atoms with Crippen molar-refractivity contribution in [2.75, 3.05) is 31.6 Å². The van der Waals surface area contributed by atoms with Crippen LogP contribution in [0.2, 0.25) is 0 Å². The highest BCUT2D eigenvalue weighted by atomic mass is 32.2. The Bertz CT molecular complexity index is 1130. The SMILES string of the molecule is CC1CN(S(=O)c2ccc(Nc3nn(C4CCCOC4)c4cc[nH]c(=O)c34)cc2)C1. The van der Waals surface area contributed by atoms with Gasteiger partial charge in [0, 0.05) is 31.6 Å². The van der Waals surface area contributed by atoms with Crippen LogP contribution in [0.3, 0.4) is 0 Å². The molecule has 1 aromatic carbocycles. The van der Waals surface area contributed by atoms with E-state index in [1.807, 2.05) is 39.3 Å². The molecular weight excluding hydrogens is 402 g/mol. The average molecular weight is 428 g/mol. The molecule has 0 amide bonds. The zero-order valence-electron chi connectivity index (χ0n) is 16.8. The molecule has 2 unspecified atom stereocenters. The maximum Gasteiger partial charge on any atom is 0.261 e. The fraction of sp³-hybridized carbons (Fsp3) is 0.429. The highest BCUT2D eigenvalue weighted by Crippen LogP contribution is 2.29. The van der Waals surface area contributed by atoms with Gasteiger partial charge in [0.2, 0.25) is 0 Å². The lowest BCUT2D eigenvalue weighted by molar-refractivity contribution is 0.0566. The van der Waals surface area contributed by atoms with Gasteiger partial charge in [-0.2, -0.15) is 5.10 Å². The zero-order valence-corrected chi connectivity index (χ0v) is 17.7. The van der Waals surface area contributed by atoms with Gasteiger partial charge in [-0.1, -0.05) is 6.92 Å². The average Bonchev–Trinajstić information content (AvgIpc) is 3.12. The third-order valence-electron chi connectivity index (χ3n) is 5.70. The standard InChI is InChI=1S/C21H25N5O3S/c1-14-11-25(12-14)30(28)17-6-4-15(5-7-17)23-20-19-18(8-9-22-21(19)27)26(24-20)16-3-2-10-29-13-16/h4-9,14,16H,2-3,10-13H2,1H3,(H,22,27)(H,23,24). The molecule has 158 valence electrons. The highest BCUT2D eigenvalue weighted by molar-refractivity contribution is 7.82. The summed E-state index contributed by atoms with van der Waals surface area (Å²) in [5.74, 6) is 1.12. The second kappa shape index (κ2) is 7.98. The first kappa shape index (κ1) is 19.5. The molecule has 2 fully saturated rings. The van der Waals surface area contributed by atoms with Crippen LogP contribution in [0.25, 0.3) is 10.9 Å². The van der Waals surface area contributed by atoms with E-state index in [2.05, 4.69) is 17.2 Å². The molecule has 8 nitrogen and oxygen atoms in total. The van der Waals surface area contributed by atoms with E-state index in [0.29, 0.717) is 23.7 Å². The predicted molar refractivity (Wildman–Crippen MR) is 116 cm³/mol. The number of ether oxygens (including phenoxy) is 1. The Hall–Kier alpha value is -2.49.